The van der Waals surface area contributed by atoms with Gasteiger partial charge in [-0.2, -0.15) is 10.4 Å². The van der Waals surface area contributed by atoms with E-state index >= 15 is 0 Å². The molecule has 0 spiro atoms. The smallest absolute Gasteiger partial charge is 0.286 e. The van der Waals surface area contributed by atoms with Crippen molar-refractivity contribution in [2.24, 2.45) is 7.05 Å². The molecule has 0 saturated carbocycles. The minimum atomic E-state index is -0.598. The molecule has 3 amide bonds. The fraction of sp³-hybridized carbons (Fsp3) is 0.351. The number of amides is 3. The van der Waals surface area contributed by atoms with Gasteiger partial charge in [-0.15, -0.1) is 0 Å². The minimum Gasteiger partial charge on any atom is -0.355 e. The molecule has 1 aromatic heterocycles. The minimum absolute atomic E-state index is 0.0349. The van der Waals surface area contributed by atoms with Crippen LogP contribution in [-0.4, -0.2) is 68.4 Å². The van der Waals surface area contributed by atoms with Gasteiger partial charge in [-0.05, 0) is 72.2 Å². The molecule has 2 saturated heterocycles. The van der Waals surface area contributed by atoms with Crippen molar-refractivity contribution in [2.75, 3.05) is 25.5 Å². The summed E-state index contributed by atoms with van der Waals surface area (Å²) in [6.07, 6.45) is 8.81. The van der Waals surface area contributed by atoms with Crippen LogP contribution < -0.4 is 16.2 Å². The maximum absolute atomic E-state index is 13.1. The van der Waals surface area contributed by atoms with Crippen LogP contribution in [0.5, 0.6) is 0 Å². The van der Waals surface area contributed by atoms with E-state index < -0.39 is 11.6 Å². The van der Waals surface area contributed by atoms with Gasteiger partial charge in [-0.25, -0.2) is 4.68 Å². The molecule has 7 rings (SSSR count). The second kappa shape index (κ2) is 13.2. The summed E-state index contributed by atoms with van der Waals surface area (Å²) in [5.41, 5.74) is 7.18. The number of hydrogen-bond donors (Lipinski definition) is 2. The second-order valence-electron chi connectivity index (χ2n) is 13.3. The van der Waals surface area contributed by atoms with Crippen LogP contribution in [0.25, 0.3) is 5.57 Å². The lowest BCUT2D eigenvalue weighted by Crippen LogP contribution is -2.52. The highest BCUT2D eigenvalue weighted by Crippen LogP contribution is 2.34. The number of nitriles is 1. The van der Waals surface area contributed by atoms with E-state index in [1.165, 1.54) is 24.4 Å². The average Bonchev–Trinajstić information content (AvgIpc) is 3.42. The highest BCUT2D eigenvalue weighted by Gasteiger charge is 2.39. The molecule has 5 heterocycles. The summed E-state index contributed by atoms with van der Waals surface area (Å²) >= 11 is 0. The lowest BCUT2D eigenvalue weighted by molar-refractivity contribution is -0.136. The molecule has 12 heteroatoms. The highest BCUT2D eigenvalue weighted by molar-refractivity contribution is 6.05. The number of anilines is 1. The molecular weight excluding hydrogens is 620 g/mol. The topological polar surface area (TPSA) is 144 Å². The van der Waals surface area contributed by atoms with Gasteiger partial charge in [0.25, 0.3) is 11.5 Å². The van der Waals surface area contributed by atoms with E-state index in [9.17, 15) is 24.4 Å². The fourth-order valence-electron chi connectivity index (χ4n) is 7.35. The Balaban J connectivity index is 0.934. The van der Waals surface area contributed by atoms with E-state index in [0.717, 1.165) is 59.6 Å². The number of carbonyl (C=O) groups is 3. The van der Waals surface area contributed by atoms with Gasteiger partial charge in [0.1, 0.15) is 17.7 Å². The molecule has 1 unspecified atom stereocenters. The molecule has 2 N–H and O–H groups in total. The van der Waals surface area contributed by atoms with Crippen molar-refractivity contribution in [3.8, 4) is 6.07 Å². The number of imide groups is 1. The van der Waals surface area contributed by atoms with Crippen LogP contribution >= 0.6 is 0 Å². The summed E-state index contributed by atoms with van der Waals surface area (Å²) in [6.45, 7) is 3.22. The van der Waals surface area contributed by atoms with E-state index in [2.05, 4.69) is 63.2 Å². The van der Waals surface area contributed by atoms with E-state index in [0.29, 0.717) is 36.6 Å². The van der Waals surface area contributed by atoms with Crippen molar-refractivity contribution >= 4 is 29.0 Å². The Labute approximate surface area is 284 Å². The Morgan fingerprint density at radius 3 is 2.51 bits per heavy atom. The van der Waals surface area contributed by atoms with E-state index in [-0.39, 0.29) is 29.7 Å². The molecule has 2 fully saturated rings. The summed E-state index contributed by atoms with van der Waals surface area (Å²) in [5.74, 6) is -0.389. The number of aromatic nitrogens is 2. The first-order valence-corrected chi connectivity index (χ1v) is 16.6. The van der Waals surface area contributed by atoms with E-state index in [1.54, 1.807) is 4.90 Å². The molecule has 2 aromatic carbocycles. The molecular formula is C37H38N8O4. The van der Waals surface area contributed by atoms with Crippen LogP contribution in [0.15, 0.2) is 71.6 Å². The Kier molecular flexibility index (Phi) is 8.60. The molecule has 0 aliphatic carbocycles. The van der Waals surface area contributed by atoms with Crippen molar-refractivity contribution in [1.29, 1.82) is 5.26 Å². The van der Waals surface area contributed by atoms with Gasteiger partial charge >= 0.3 is 0 Å². The standard InChI is InChI=1S/C37H38N8O4/c1-42-20-27(16-29(22-42)40-32-18-39-43(2)36(48)31(32)17-38)24-5-3-23(4-6-24)19-44-13-11-25(12-14-44)26-7-8-30-28(15-26)21-45(37(30)49)33-9-10-34(46)41-35(33)47/h3-8,15,18,20,22,25,33,40H,9-14,16,19,21H2,1-2H3,(H,41,46,47). The van der Waals surface area contributed by atoms with Crippen LogP contribution in [0.3, 0.4) is 0 Å². The first-order valence-electron chi connectivity index (χ1n) is 16.6. The summed E-state index contributed by atoms with van der Waals surface area (Å²) in [7, 11) is 3.47. The van der Waals surface area contributed by atoms with Crippen LogP contribution in [-0.2, 0) is 29.7 Å². The van der Waals surface area contributed by atoms with Crippen LogP contribution in [0.2, 0.25) is 0 Å². The highest BCUT2D eigenvalue weighted by atomic mass is 16.2. The maximum atomic E-state index is 13.1. The molecule has 0 bridgehead atoms. The summed E-state index contributed by atoms with van der Waals surface area (Å²) in [6, 6.07) is 16.2. The number of hydrogen-bond acceptors (Lipinski definition) is 9. The lowest BCUT2D eigenvalue weighted by Gasteiger charge is -2.32. The quantitative estimate of drug-likeness (QED) is 0.365. The molecule has 4 aliphatic rings. The summed E-state index contributed by atoms with van der Waals surface area (Å²) in [4.78, 5) is 55.5. The number of nitrogens with zero attached hydrogens (tertiary/aromatic N) is 6. The molecule has 250 valence electrons. The van der Waals surface area contributed by atoms with Crippen molar-refractivity contribution in [2.45, 2.75) is 57.2 Å². The summed E-state index contributed by atoms with van der Waals surface area (Å²) in [5, 5.41) is 19.2. The monoisotopic (exact) mass is 658 g/mol. The van der Waals surface area contributed by atoms with Crippen LogP contribution in [0.4, 0.5) is 5.69 Å². The van der Waals surface area contributed by atoms with Crippen molar-refractivity contribution in [3.63, 3.8) is 0 Å². The van der Waals surface area contributed by atoms with Gasteiger partial charge in [-0.1, -0.05) is 36.4 Å². The summed E-state index contributed by atoms with van der Waals surface area (Å²) < 4.78 is 1.15. The SMILES string of the molecule is CN1C=C(Nc2cnn(C)c(=O)c2C#N)CC(c2ccc(CN3CCC(c4ccc5c(c4)CN(C4CCC(=O)NC4=O)C5=O)CC3)cc2)=C1. The van der Waals surface area contributed by atoms with Crippen LogP contribution in [0, 0.1) is 11.3 Å². The third-order valence-corrected chi connectivity index (χ3v) is 9.98. The number of benzene rings is 2. The van der Waals surface area contributed by atoms with E-state index in [1.807, 2.05) is 30.3 Å². The zero-order chi connectivity index (χ0) is 34.2. The number of piperidine rings is 2. The molecule has 4 aliphatic heterocycles. The number of allylic oxidation sites excluding steroid dienone is 1. The van der Waals surface area contributed by atoms with Crippen molar-refractivity contribution in [1.82, 2.24) is 29.8 Å². The predicted molar refractivity (Wildman–Crippen MR) is 182 cm³/mol. The largest absolute Gasteiger partial charge is 0.355 e. The van der Waals surface area contributed by atoms with Gasteiger partial charge in [0.15, 0.2) is 0 Å². The molecule has 0 radical (unpaired) electrons. The predicted octanol–water partition coefficient (Wildman–Crippen LogP) is 3.42. The number of rotatable bonds is 7. The first kappa shape index (κ1) is 32.0. The number of nitrogens with one attached hydrogen (secondary N) is 2. The Bertz CT molecular complexity index is 2000. The molecule has 3 aromatic rings. The maximum Gasteiger partial charge on any atom is 0.286 e. The zero-order valence-electron chi connectivity index (χ0n) is 27.6. The van der Waals surface area contributed by atoms with Gasteiger partial charge in [0.2, 0.25) is 11.8 Å². The molecule has 12 nitrogen and oxygen atoms in total. The van der Waals surface area contributed by atoms with Crippen molar-refractivity contribution < 1.29 is 14.4 Å². The van der Waals surface area contributed by atoms with Crippen LogP contribution in [0.1, 0.15) is 76.2 Å². The van der Waals surface area contributed by atoms with Gasteiger partial charge in [0.05, 0.1) is 11.9 Å². The zero-order valence-corrected chi connectivity index (χ0v) is 27.6. The number of carbonyl (C=O) groups excluding carboxylic acids is 3. The average molecular weight is 659 g/mol. The molecule has 49 heavy (non-hydrogen) atoms. The third kappa shape index (κ3) is 6.49. The Hall–Kier alpha value is -5.54. The second-order valence-corrected chi connectivity index (χ2v) is 13.3. The Morgan fingerprint density at radius 2 is 1.78 bits per heavy atom. The van der Waals surface area contributed by atoms with Gasteiger partial charge < -0.3 is 15.1 Å². The number of fused-ring (bicyclic) bond motifs is 1. The normalized spacial score (nSPS) is 20.0. The van der Waals surface area contributed by atoms with Gasteiger partial charge in [-0.3, -0.25) is 29.4 Å². The fourth-order valence-corrected chi connectivity index (χ4v) is 7.35. The van der Waals surface area contributed by atoms with Crippen molar-refractivity contribution in [3.05, 3.63) is 110 Å². The number of likely N-dealkylation sites (tertiary alicyclic amines) is 1. The molecule has 1 atom stereocenters. The Morgan fingerprint density at radius 1 is 1.00 bits per heavy atom. The lowest BCUT2D eigenvalue weighted by atomic mass is 9.87. The number of aryl methyl sites for hydroxylation is 1. The van der Waals surface area contributed by atoms with Gasteiger partial charge in [0, 0.05) is 63.7 Å². The van der Waals surface area contributed by atoms with E-state index in [4.69, 9.17) is 0 Å². The third-order valence-electron chi connectivity index (χ3n) is 9.98. The first-order chi connectivity index (χ1) is 23.7.